The van der Waals surface area contributed by atoms with Crippen molar-refractivity contribution in [1.29, 1.82) is 0 Å². The first-order chi connectivity index (χ1) is 10.8. The van der Waals surface area contributed by atoms with Crippen LogP contribution in [0.4, 0.5) is 5.69 Å². The zero-order valence-corrected chi connectivity index (χ0v) is 13.6. The SMILES string of the molecule is COC(=O)c1cc2c(cc1C(C)=O)C(C)(OC)C(=O)N2C1CC1. The number of ketones is 1. The first kappa shape index (κ1) is 15.7. The molecule has 23 heavy (non-hydrogen) atoms. The van der Waals surface area contributed by atoms with Crippen LogP contribution in [0.15, 0.2) is 12.1 Å². The van der Waals surface area contributed by atoms with Gasteiger partial charge in [-0.3, -0.25) is 9.59 Å². The summed E-state index contributed by atoms with van der Waals surface area (Å²) in [4.78, 5) is 38.5. The zero-order chi connectivity index (χ0) is 16.9. The highest BCUT2D eigenvalue weighted by Gasteiger charge is 2.52. The van der Waals surface area contributed by atoms with E-state index in [0.29, 0.717) is 11.3 Å². The number of esters is 1. The minimum absolute atomic E-state index is 0.131. The number of hydrogen-bond acceptors (Lipinski definition) is 5. The molecule has 0 bridgehead atoms. The van der Waals surface area contributed by atoms with Gasteiger partial charge < -0.3 is 14.4 Å². The lowest BCUT2D eigenvalue weighted by Gasteiger charge is -2.22. The summed E-state index contributed by atoms with van der Waals surface area (Å²) in [6.45, 7) is 3.08. The fourth-order valence-corrected chi connectivity index (χ4v) is 3.09. The number of carbonyl (C=O) groups is 3. The van der Waals surface area contributed by atoms with E-state index < -0.39 is 11.6 Å². The molecule has 6 nitrogen and oxygen atoms in total. The van der Waals surface area contributed by atoms with E-state index >= 15 is 0 Å². The maximum atomic E-state index is 12.8. The Hall–Kier alpha value is -2.21. The molecule has 0 saturated heterocycles. The summed E-state index contributed by atoms with van der Waals surface area (Å²) < 4.78 is 10.3. The van der Waals surface area contributed by atoms with E-state index in [1.54, 1.807) is 24.0 Å². The van der Waals surface area contributed by atoms with Gasteiger partial charge in [-0.2, -0.15) is 0 Å². The Bertz CT molecular complexity index is 722. The molecule has 1 aromatic carbocycles. The van der Waals surface area contributed by atoms with Crippen molar-refractivity contribution in [2.45, 2.75) is 38.3 Å². The molecule has 6 heteroatoms. The first-order valence-electron chi connectivity index (χ1n) is 7.51. The van der Waals surface area contributed by atoms with Gasteiger partial charge in [0.05, 0.1) is 18.4 Å². The van der Waals surface area contributed by atoms with Gasteiger partial charge in [-0.05, 0) is 38.8 Å². The second kappa shape index (κ2) is 5.16. The van der Waals surface area contributed by atoms with E-state index in [2.05, 4.69) is 0 Å². The number of nitrogens with zero attached hydrogens (tertiary/aromatic N) is 1. The Labute approximate surface area is 134 Å². The van der Waals surface area contributed by atoms with E-state index in [1.165, 1.54) is 21.1 Å². The summed E-state index contributed by atoms with van der Waals surface area (Å²) in [7, 11) is 2.74. The number of fused-ring (bicyclic) bond motifs is 1. The van der Waals surface area contributed by atoms with Crippen LogP contribution >= 0.6 is 0 Å². The molecule has 1 fully saturated rings. The van der Waals surface area contributed by atoms with Gasteiger partial charge in [0.25, 0.3) is 5.91 Å². The topological polar surface area (TPSA) is 72.9 Å². The molecule has 1 aliphatic heterocycles. The molecular weight excluding hydrogens is 298 g/mol. The largest absolute Gasteiger partial charge is 0.465 e. The normalized spacial score (nSPS) is 23.0. The molecule has 1 heterocycles. The molecule has 1 saturated carbocycles. The molecule has 1 aliphatic carbocycles. The number of Topliss-reactive ketones (excluding diaryl/α,β-unsaturated/α-hetero) is 1. The quantitative estimate of drug-likeness (QED) is 0.628. The number of hydrogen-bond donors (Lipinski definition) is 0. The monoisotopic (exact) mass is 317 g/mol. The number of amides is 1. The molecule has 1 aromatic rings. The third-order valence-corrected chi connectivity index (χ3v) is 4.64. The summed E-state index contributed by atoms with van der Waals surface area (Å²) in [5.41, 5.74) is 0.528. The van der Waals surface area contributed by atoms with Crippen LogP contribution < -0.4 is 4.90 Å². The van der Waals surface area contributed by atoms with E-state index in [0.717, 1.165) is 12.8 Å². The standard InChI is InChI=1S/C17H19NO5/c1-9(19)11-7-13-14(8-12(11)15(20)22-3)18(10-5-6-10)16(21)17(13,2)23-4/h7-8,10H,5-6H2,1-4H3. The number of anilines is 1. The van der Waals surface area contributed by atoms with Gasteiger partial charge in [-0.25, -0.2) is 4.79 Å². The fraction of sp³-hybridized carbons (Fsp3) is 0.471. The van der Waals surface area contributed by atoms with Gasteiger partial charge in [0.1, 0.15) is 0 Å². The third-order valence-electron chi connectivity index (χ3n) is 4.64. The van der Waals surface area contributed by atoms with Crippen molar-refractivity contribution in [2.24, 2.45) is 0 Å². The minimum atomic E-state index is -1.14. The number of methoxy groups -OCH3 is 2. The highest BCUT2D eigenvalue weighted by Crippen LogP contribution is 2.48. The Morgan fingerprint density at radius 2 is 1.87 bits per heavy atom. The average molecular weight is 317 g/mol. The highest BCUT2D eigenvalue weighted by atomic mass is 16.5. The second-order valence-corrected chi connectivity index (χ2v) is 6.11. The van der Waals surface area contributed by atoms with Gasteiger partial charge in [0.15, 0.2) is 11.4 Å². The van der Waals surface area contributed by atoms with Crippen molar-refractivity contribution in [3.63, 3.8) is 0 Å². The van der Waals surface area contributed by atoms with Crippen molar-refractivity contribution in [1.82, 2.24) is 0 Å². The molecule has 2 aliphatic rings. The fourth-order valence-electron chi connectivity index (χ4n) is 3.09. The lowest BCUT2D eigenvalue weighted by molar-refractivity contribution is -0.137. The maximum Gasteiger partial charge on any atom is 0.338 e. The van der Waals surface area contributed by atoms with Gasteiger partial charge in [0, 0.05) is 24.3 Å². The predicted molar refractivity (Wildman–Crippen MR) is 82.7 cm³/mol. The Morgan fingerprint density at radius 1 is 1.22 bits per heavy atom. The molecule has 122 valence electrons. The summed E-state index contributed by atoms with van der Waals surface area (Å²) in [5, 5.41) is 0. The van der Waals surface area contributed by atoms with Gasteiger partial charge in [-0.1, -0.05) is 0 Å². The van der Waals surface area contributed by atoms with Crippen molar-refractivity contribution in [2.75, 3.05) is 19.1 Å². The first-order valence-corrected chi connectivity index (χ1v) is 7.51. The summed E-state index contributed by atoms with van der Waals surface area (Å²) in [6, 6.07) is 3.30. The minimum Gasteiger partial charge on any atom is -0.465 e. The molecule has 0 radical (unpaired) electrons. The van der Waals surface area contributed by atoms with Crippen LogP contribution in [-0.2, 0) is 19.9 Å². The van der Waals surface area contributed by atoms with E-state index in [4.69, 9.17) is 9.47 Å². The van der Waals surface area contributed by atoms with Crippen molar-refractivity contribution in [3.8, 4) is 0 Å². The van der Waals surface area contributed by atoms with Crippen LogP contribution in [0.25, 0.3) is 0 Å². The van der Waals surface area contributed by atoms with Crippen LogP contribution in [-0.4, -0.2) is 37.9 Å². The molecule has 3 rings (SSSR count). The van der Waals surface area contributed by atoms with Crippen LogP contribution in [0.5, 0.6) is 0 Å². The second-order valence-electron chi connectivity index (χ2n) is 6.11. The van der Waals surface area contributed by atoms with Gasteiger partial charge >= 0.3 is 5.97 Å². The lowest BCUT2D eigenvalue weighted by Crippen LogP contribution is -2.40. The van der Waals surface area contributed by atoms with E-state index in [1.807, 2.05) is 0 Å². The molecule has 1 atom stereocenters. The number of rotatable bonds is 4. The maximum absolute atomic E-state index is 12.8. The molecule has 0 N–H and O–H groups in total. The van der Waals surface area contributed by atoms with Gasteiger partial charge in [-0.15, -0.1) is 0 Å². The average Bonchev–Trinajstić information content (AvgIpc) is 3.34. The predicted octanol–water partition coefficient (Wildman–Crippen LogP) is 2.05. The van der Waals surface area contributed by atoms with Crippen LogP contribution in [0.2, 0.25) is 0 Å². The van der Waals surface area contributed by atoms with Crippen molar-refractivity contribution < 1.29 is 23.9 Å². The number of carbonyl (C=O) groups excluding carboxylic acids is 3. The number of ether oxygens (including phenoxy) is 2. The molecular formula is C17H19NO5. The van der Waals surface area contributed by atoms with Crippen LogP contribution in [0.1, 0.15) is 53.0 Å². The van der Waals surface area contributed by atoms with E-state index in [9.17, 15) is 14.4 Å². The number of benzene rings is 1. The van der Waals surface area contributed by atoms with E-state index in [-0.39, 0.29) is 28.9 Å². The lowest BCUT2D eigenvalue weighted by atomic mass is 9.92. The molecule has 0 aromatic heterocycles. The molecule has 0 spiro atoms. The van der Waals surface area contributed by atoms with Crippen LogP contribution in [0.3, 0.4) is 0 Å². The summed E-state index contributed by atoms with van der Waals surface area (Å²) in [6.07, 6.45) is 1.85. The van der Waals surface area contributed by atoms with Gasteiger partial charge in [0.2, 0.25) is 0 Å². The highest BCUT2D eigenvalue weighted by molar-refractivity contribution is 6.12. The van der Waals surface area contributed by atoms with Crippen molar-refractivity contribution in [3.05, 3.63) is 28.8 Å². The molecule has 1 unspecified atom stereocenters. The Balaban J connectivity index is 2.26. The van der Waals surface area contributed by atoms with Crippen LogP contribution in [0, 0.1) is 0 Å². The zero-order valence-electron chi connectivity index (χ0n) is 13.6. The third kappa shape index (κ3) is 2.16. The smallest absolute Gasteiger partial charge is 0.338 e. The summed E-state index contributed by atoms with van der Waals surface area (Å²) >= 11 is 0. The van der Waals surface area contributed by atoms with Crippen molar-refractivity contribution >= 4 is 23.3 Å². The Kier molecular flexibility index (Phi) is 3.52. The summed E-state index contributed by atoms with van der Waals surface area (Å²) in [5.74, 6) is -1.01. The Morgan fingerprint density at radius 3 is 2.35 bits per heavy atom. The molecule has 1 amide bonds.